The van der Waals surface area contributed by atoms with E-state index in [1.165, 1.54) is 12.8 Å². The van der Waals surface area contributed by atoms with Crippen LogP contribution < -0.4 is 5.32 Å². The van der Waals surface area contributed by atoms with Crippen molar-refractivity contribution in [2.45, 2.75) is 57.5 Å². The van der Waals surface area contributed by atoms with Crippen LogP contribution in [-0.4, -0.2) is 47.1 Å². The van der Waals surface area contributed by atoms with E-state index in [2.05, 4.69) is 5.32 Å². The number of hydrogen-bond acceptors (Lipinski definition) is 3. The number of hydrogen-bond donors (Lipinski definition) is 2. The molecule has 2 N–H and O–H groups in total. The highest BCUT2D eigenvalue weighted by molar-refractivity contribution is 5.80. The van der Waals surface area contributed by atoms with Crippen molar-refractivity contribution >= 4 is 11.9 Å². The van der Waals surface area contributed by atoms with E-state index in [0.29, 0.717) is 18.9 Å². The second-order valence-electron chi connectivity index (χ2n) is 5.67. The minimum atomic E-state index is -0.784. The molecule has 3 atom stereocenters. The number of likely N-dealkylation sites (N-methyl/N-ethyl adjacent to an activating group) is 1. The van der Waals surface area contributed by atoms with Gasteiger partial charge in [-0.25, -0.2) is 0 Å². The molecule has 1 saturated carbocycles. The second kappa shape index (κ2) is 6.37. The van der Waals surface area contributed by atoms with Crippen LogP contribution in [-0.2, 0) is 9.59 Å². The van der Waals surface area contributed by atoms with Crippen LogP contribution in [0.3, 0.4) is 0 Å². The predicted molar refractivity (Wildman–Crippen MR) is 71.8 cm³/mol. The number of likely N-dealkylation sites (tertiary alicyclic amines) is 1. The molecule has 0 aromatic rings. The zero-order valence-corrected chi connectivity index (χ0v) is 11.6. The Kier molecular flexibility index (Phi) is 4.80. The van der Waals surface area contributed by atoms with Gasteiger partial charge in [0.05, 0.1) is 6.54 Å². The molecule has 2 fully saturated rings. The maximum Gasteiger partial charge on any atom is 0.320 e. The first-order chi connectivity index (χ1) is 9.13. The van der Waals surface area contributed by atoms with E-state index >= 15 is 0 Å². The number of carboxylic acid groups (broad SMARTS) is 1. The van der Waals surface area contributed by atoms with Gasteiger partial charge >= 0.3 is 5.97 Å². The van der Waals surface area contributed by atoms with Crippen molar-refractivity contribution in [3.8, 4) is 0 Å². The molecule has 108 valence electrons. The molecule has 2 aliphatic rings. The van der Waals surface area contributed by atoms with Gasteiger partial charge in [0.25, 0.3) is 0 Å². The summed E-state index contributed by atoms with van der Waals surface area (Å²) in [4.78, 5) is 25.2. The molecule has 3 unspecified atom stereocenters. The van der Waals surface area contributed by atoms with Crippen molar-refractivity contribution in [1.82, 2.24) is 10.2 Å². The normalized spacial score (nSPS) is 31.5. The molecule has 0 spiro atoms. The molecule has 1 saturated heterocycles. The molecule has 0 bridgehead atoms. The van der Waals surface area contributed by atoms with Crippen molar-refractivity contribution in [2.24, 2.45) is 5.92 Å². The molecule has 2 rings (SSSR count). The van der Waals surface area contributed by atoms with E-state index < -0.39 is 12.0 Å². The van der Waals surface area contributed by atoms with Crippen LogP contribution in [0.2, 0.25) is 0 Å². The highest BCUT2D eigenvalue weighted by atomic mass is 16.4. The van der Waals surface area contributed by atoms with E-state index in [1.807, 2.05) is 11.8 Å². The first-order valence-electron chi connectivity index (χ1n) is 7.38. The smallest absolute Gasteiger partial charge is 0.320 e. The van der Waals surface area contributed by atoms with E-state index in [-0.39, 0.29) is 18.5 Å². The van der Waals surface area contributed by atoms with Crippen LogP contribution in [0.25, 0.3) is 0 Å². The lowest BCUT2D eigenvalue weighted by Gasteiger charge is -2.46. The van der Waals surface area contributed by atoms with Crippen LogP contribution in [0, 0.1) is 5.92 Å². The minimum Gasteiger partial charge on any atom is -0.480 e. The minimum absolute atomic E-state index is 0.0556. The fourth-order valence-electron chi connectivity index (χ4n) is 3.64. The summed E-state index contributed by atoms with van der Waals surface area (Å²) in [5.41, 5.74) is 0. The Labute approximate surface area is 114 Å². The Balaban J connectivity index is 2.09. The van der Waals surface area contributed by atoms with Gasteiger partial charge in [0.1, 0.15) is 6.04 Å². The number of piperidine rings is 1. The Bertz CT molecular complexity index is 346. The molecule has 0 aromatic carbocycles. The summed E-state index contributed by atoms with van der Waals surface area (Å²) >= 11 is 0. The summed E-state index contributed by atoms with van der Waals surface area (Å²) < 4.78 is 0. The fourth-order valence-corrected chi connectivity index (χ4v) is 3.64. The topological polar surface area (TPSA) is 69.6 Å². The van der Waals surface area contributed by atoms with E-state index in [0.717, 1.165) is 19.3 Å². The summed E-state index contributed by atoms with van der Waals surface area (Å²) in [6.45, 7) is 2.71. The average Bonchev–Trinajstić information content (AvgIpc) is 2.39. The summed E-state index contributed by atoms with van der Waals surface area (Å²) in [7, 11) is 0. The highest BCUT2D eigenvalue weighted by Gasteiger charge is 2.41. The first-order valence-corrected chi connectivity index (χ1v) is 7.38. The van der Waals surface area contributed by atoms with Crippen LogP contribution in [0.4, 0.5) is 0 Å². The number of carboxylic acids is 1. The number of amides is 1. The molecule has 1 amide bonds. The van der Waals surface area contributed by atoms with Crippen molar-refractivity contribution in [3.63, 3.8) is 0 Å². The van der Waals surface area contributed by atoms with E-state index in [4.69, 9.17) is 0 Å². The van der Waals surface area contributed by atoms with Crippen LogP contribution in [0.15, 0.2) is 0 Å². The van der Waals surface area contributed by atoms with Crippen molar-refractivity contribution in [1.29, 1.82) is 0 Å². The number of carbonyl (C=O) groups excluding carboxylic acids is 1. The monoisotopic (exact) mass is 268 g/mol. The van der Waals surface area contributed by atoms with Gasteiger partial charge in [-0.1, -0.05) is 12.8 Å². The lowest BCUT2D eigenvalue weighted by Crippen LogP contribution is -2.57. The Morgan fingerprint density at radius 2 is 1.95 bits per heavy atom. The molecule has 0 aromatic heterocycles. The number of carbonyl (C=O) groups is 2. The third-order valence-electron chi connectivity index (χ3n) is 4.49. The van der Waals surface area contributed by atoms with Gasteiger partial charge in [0, 0.05) is 12.6 Å². The average molecular weight is 268 g/mol. The van der Waals surface area contributed by atoms with Gasteiger partial charge in [-0.3, -0.25) is 14.5 Å². The fraction of sp³-hybridized carbons (Fsp3) is 0.857. The van der Waals surface area contributed by atoms with Crippen molar-refractivity contribution in [2.75, 3.05) is 13.1 Å². The lowest BCUT2D eigenvalue weighted by molar-refractivity contribution is -0.149. The summed E-state index contributed by atoms with van der Waals surface area (Å²) in [5.74, 6) is -0.257. The van der Waals surface area contributed by atoms with Gasteiger partial charge in [-0.2, -0.15) is 0 Å². The molecule has 1 aliphatic heterocycles. The molecule has 5 nitrogen and oxygen atoms in total. The van der Waals surface area contributed by atoms with Crippen LogP contribution in [0.1, 0.15) is 45.4 Å². The third-order valence-corrected chi connectivity index (χ3v) is 4.49. The van der Waals surface area contributed by atoms with Gasteiger partial charge in [-0.15, -0.1) is 0 Å². The third kappa shape index (κ3) is 3.26. The second-order valence-corrected chi connectivity index (χ2v) is 5.67. The molecule has 19 heavy (non-hydrogen) atoms. The largest absolute Gasteiger partial charge is 0.480 e. The molecular formula is C14H24N2O3. The number of nitrogens with one attached hydrogen (secondary N) is 1. The Morgan fingerprint density at radius 3 is 2.63 bits per heavy atom. The van der Waals surface area contributed by atoms with Gasteiger partial charge in [-0.05, 0) is 38.5 Å². The van der Waals surface area contributed by atoms with Gasteiger partial charge in [0.2, 0.25) is 5.91 Å². The summed E-state index contributed by atoms with van der Waals surface area (Å²) in [6, 6.07) is -0.201. The summed E-state index contributed by atoms with van der Waals surface area (Å²) in [6.07, 6.45) is 6.29. The van der Waals surface area contributed by atoms with E-state index in [1.54, 1.807) is 0 Å². The zero-order chi connectivity index (χ0) is 13.8. The number of rotatable bonds is 4. The number of aliphatic carboxylic acids is 1. The molecule has 1 aliphatic carbocycles. The Hall–Kier alpha value is -1.10. The lowest BCUT2D eigenvalue weighted by atomic mass is 9.76. The molecule has 0 radical (unpaired) electrons. The van der Waals surface area contributed by atoms with E-state index in [9.17, 15) is 14.7 Å². The Morgan fingerprint density at radius 1 is 1.21 bits per heavy atom. The number of fused-ring (bicyclic) bond motifs is 1. The maximum atomic E-state index is 11.8. The SMILES string of the molecule is CCNC(=O)CN1C(C(=O)O)CCC2CCCCC21. The van der Waals surface area contributed by atoms with Crippen LogP contribution in [0.5, 0.6) is 0 Å². The van der Waals surface area contributed by atoms with Crippen molar-refractivity contribution < 1.29 is 14.7 Å². The zero-order valence-electron chi connectivity index (χ0n) is 11.6. The van der Waals surface area contributed by atoms with Crippen LogP contribution >= 0.6 is 0 Å². The maximum absolute atomic E-state index is 11.8. The first kappa shape index (κ1) is 14.3. The van der Waals surface area contributed by atoms with Crippen molar-refractivity contribution in [3.05, 3.63) is 0 Å². The summed E-state index contributed by atoms with van der Waals surface area (Å²) in [5, 5.41) is 12.1. The highest BCUT2D eigenvalue weighted by Crippen LogP contribution is 2.37. The molecule has 1 heterocycles. The predicted octanol–water partition coefficient (Wildman–Crippen LogP) is 1.23. The quantitative estimate of drug-likeness (QED) is 0.804. The number of nitrogens with zero attached hydrogens (tertiary/aromatic N) is 1. The molecule has 5 heteroatoms. The standard InChI is InChI=1S/C14H24N2O3/c1-2-15-13(17)9-16-11-6-4-3-5-10(11)7-8-12(16)14(18)19/h10-12H,2-9H2,1H3,(H,15,17)(H,18,19). The van der Waals surface area contributed by atoms with Gasteiger partial charge < -0.3 is 10.4 Å². The van der Waals surface area contributed by atoms with Gasteiger partial charge in [0.15, 0.2) is 0 Å². The molecular weight excluding hydrogens is 244 g/mol.